The Hall–Kier alpha value is 1.92. The molecule has 0 nitrogen and oxygen atoms in total. The molecular weight excluding hydrogens is 155 g/mol. The van der Waals surface area contributed by atoms with E-state index < -0.39 is 0 Å². The van der Waals surface area contributed by atoms with Crippen LogP contribution in [0.4, 0.5) is 0 Å². The topological polar surface area (TPSA) is 0 Å². The third-order valence-corrected chi connectivity index (χ3v) is 0. The van der Waals surface area contributed by atoms with E-state index in [0.717, 1.165) is 0 Å². The van der Waals surface area contributed by atoms with Crippen molar-refractivity contribution < 1.29 is 32.7 Å². The summed E-state index contributed by atoms with van der Waals surface area (Å²) in [6.07, 6.45) is 0. The first-order valence-electron chi connectivity index (χ1n) is 0. The molecule has 23 valence electrons. The molecule has 0 aliphatic rings. The summed E-state index contributed by atoms with van der Waals surface area (Å²) in [7, 11) is 0. The van der Waals surface area contributed by atoms with Gasteiger partial charge in [0.05, 0.1) is 8.41 Å². The summed E-state index contributed by atoms with van der Waals surface area (Å²) in [5.41, 5.74) is 0. The summed E-state index contributed by atoms with van der Waals surface area (Å²) in [6.45, 7) is 0. The van der Waals surface area contributed by atoms with E-state index >= 15 is 0 Å². The van der Waals surface area contributed by atoms with Gasteiger partial charge in [0, 0.05) is 32.7 Å². The Morgan fingerprint density at radius 2 is 1.00 bits per heavy atom. The van der Waals surface area contributed by atoms with Crippen molar-refractivity contribution in [3.05, 3.63) is 0 Å². The molecule has 0 aliphatic carbocycles. The normalized spacial score (nSPS) is 0. The number of rotatable bonds is 0. The first-order chi connectivity index (χ1) is 0. The zero-order valence-electron chi connectivity index (χ0n) is 0.577. The summed E-state index contributed by atoms with van der Waals surface area (Å²) >= 11 is 0. The Morgan fingerprint density at radius 1 is 1.00 bits per heavy atom. The van der Waals surface area contributed by atoms with Gasteiger partial charge in [-0.05, 0) is 11.0 Å². The van der Waals surface area contributed by atoms with E-state index in [4.69, 9.17) is 0 Å². The van der Waals surface area contributed by atoms with Crippen molar-refractivity contribution >= 4 is 36.7 Å². The molecule has 0 unspecified atom stereocenters. The average molecular weight is 165 g/mol. The summed E-state index contributed by atoms with van der Waals surface area (Å²) in [5.74, 6) is 0. The maximum atomic E-state index is 0. The molecule has 4 heteroatoms. The quantitative estimate of drug-likeness (QED) is 0.322. The molecule has 0 saturated heterocycles. The van der Waals surface area contributed by atoms with Crippen LogP contribution in [0.5, 0.6) is 0 Å². The maximum Gasteiger partial charge on any atom is 0.187 e. The molecule has 0 N–H and O–H groups in total. The largest absolute Gasteiger partial charge is 0.187 e. The van der Waals surface area contributed by atoms with Crippen LogP contribution in [0.3, 0.4) is 0 Å². The van der Waals surface area contributed by atoms with Gasteiger partial charge in [-0.3, -0.25) is 0 Å². The molecule has 0 aromatic rings. The second-order valence-electron chi connectivity index (χ2n) is 0. The molecule has 0 spiro atoms. The van der Waals surface area contributed by atoms with E-state index in [9.17, 15) is 0 Å². The molecule has 0 atom stereocenters. The minimum atomic E-state index is 0. The third-order valence-electron chi connectivity index (χ3n) is 0. The first kappa shape index (κ1) is 38.9. The van der Waals surface area contributed by atoms with Crippen LogP contribution in [-0.4, -0.2) is 36.7 Å². The fourth-order valence-corrected chi connectivity index (χ4v) is 0. The molecule has 0 fully saturated rings. The van der Waals surface area contributed by atoms with Crippen molar-refractivity contribution in [2.24, 2.45) is 0 Å². The molecule has 0 aromatic heterocycles. The van der Waals surface area contributed by atoms with Crippen molar-refractivity contribution in [3.63, 3.8) is 0 Å². The molecule has 0 saturated carbocycles. The molecular formula is H10AlBSiY. The SMILES string of the molecule is B.[AlH3].[SiH4].[Y]. The Bertz CT molecular complexity index is 8.00. The van der Waals surface area contributed by atoms with Crippen LogP contribution < -0.4 is 0 Å². The Labute approximate surface area is 68.7 Å². The van der Waals surface area contributed by atoms with E-state index in [2.05, 4.69) is 0 Å². The zero-order valence-corrected chi connectivity index (χ0v) is 3.42. The second kappa shape index (κ2) is 20.5. The van der Waals surface area contributed by atoms with E-state index in [1.165, 1.54) is 0 Å². The van der Waals surface area contributed by atoms with Crippen molar-refractivity contribution in [2.45, 2.75) is 0 Å². The Kier molecular flexibility index (Phi) is 200. The van der Waals surface area contributed by atoms with Gasteiger partial charge in [-0.1, -0.05) is 0 Å². The van der Waals surface area contributed by atoms with E-state index in [0.29, 0.717) is 0 Å². The van der Waals surface area contributed by atoms with Gasteiger partial charge in [-0.2, -0.15) is 0 Å². The van der Waals surface area contributed by atoms with E-state index in [1.807, 2.05) is 0 Å². The molecule has 0 aromatic carbocycles. The predicted octanol–water partition coefficient (Wildman–Crippen LogP) is -3.82. The maximum absolute atomic E-state index is 0. The van der Waals surface area contributed by atoms with Crippen LogP contribution in [0.25, 0.3) is 0 Å². The van der Waals surface area contributed by atoms with E-state index in [-0.39, 0.29) is 69.4 Å². The van der Waals surface area contributed by atoms with Gasteiger partial charge in [0.1, 0.15) is 0 Å². The minimum Gasteiger partial charge on any atom is -0.0149 e. The molecule has 1 radical (unpaired) electrons. The molecule has 0 aliphatic heterocycles. The summed E-state index contributed by atoms with van der Waals surface area (Å²) in [4.78, 5) is 0. The summed E-state index contributed by atoms with van der Waals surface area (Å²) in [6, 6.07) is 0. The fourth-order valence-electron chi connectivity index (χ4n) is 0. The molecule has 4 heavy (non-hydrogen) atoms. The fraction of sp³-hybridized carbons (Fsp3) is 0. The van der Waals surface area contributed by atoms with Crippen molar-refractivity contribution in [2.75, 3.05) is 0 Å². The molecule has 0 amide bonds. The molecule has 0 rings (SSSR count). The monoisotopic (exact) mass is 165 g/mol. The van der Waals surface area contributed by atoms with Gasteiger partial charge in [0.15, 0.2) is 17.4 Å². The van der Waals surface area contributed by atoms with Crippen LogP contribution in [0.15, 0.2) is 0 Å². The van der Waals surface area contributed by atoms with Crippen molar-refractivity contribution in [3.8, 4) is 0 Å². The van der Waals surface area contributed by atoms with Crippen molar-refractivity contribution in [1.82, 2.24) is 0 Å². The smallest absolute Gasteiger partial charge is 0.0149 e. The van der Waals surface area contributed by atoms with E-state index in [1.54, 1.807) is 0 Å². The Balaban J connectivity index is 0. The third kappa shape index (κ3) is 9.07. The van der Waals surface area contributed by atoms with Gasteiger partial charge >= 0.3 is 0 Å². The number of hydrogen-bond donors (Lipinski definition) is 0. The van der Waals surface area contributed by atoms with Crippen LogP contribution in [-0.2, 0) is 32.7 Å². The van der Waals surface area contributed by atoms with Crippen LogP contribution >= 0.6 is 0 Å². The summed E-state index contributed by atoms with van der Waals surface area (Å²) < 4.78 is 0. The van der Waals surface area contributed by atoms with Crippen LogP contribution in [0.1, 0.15) is 0 Å². The Morgan fingerprint density at radius 3 is 1.00 bits per heavy atom. The number of hydrogen-bond acceptors (Lipinski definition) is 0. The summed E-state index contributed by atoms with van der Waals surface area (Å²) in [5, 5.41) is 0. The first-order valence-corrected chi connectivity index (χ1v) is 0. The predicted molar refractivity (Wildman–Crippen MR) is 31.2 cm³/mol. The average Bonchev–Trinajstić information content (AvgIpc) is 0. The molecule has 0 bridgehead atoms. The minimum absolute atomic E-state index is 0. The van der Waals surface area contributed by atoms with Gasteiger partial charge < -0.3 is 0 Å². The van der Waals surface area contributed by atoms with Gasteiger partial charge in [0.25, 0.3) is 0 Å². The van der Waals surface area contributed by atoms with Gasteiger partial charge in [0.2, 0.25) is 0 Å². The van der Waals surface area contributed by atoms with Crippen molar-refractivity contribution in [1.29, 1.82) is 0 Å². The van der Waals surface area contributed by atoms with Crippen LogP contribution in [0, 0.1) is 0 Å². The van der Waals surface area contributed by atoms with Crippen LogP contribution in [0.2, 0.25) is 0 Å². The zero-order chi connectivity index (χ0) is 0. The van der Waals surface area contributed by atoms with Gasteiger partial charge in [-0.15, -0.1) is 0 Å². The van der Waals surface area contributed by atoms with Gasteiger partial charge in [-0.25, -0.2) is 0 Å². The standard InChI is InChI=1S/Al.BH3.H4Si.Y.3H/h;1H3;1H4;;;;. The second-order valence-corrected chi connectivity index (χ2v) is 0. The molecule has 0 heterocycles.